The van der Waals surface area contributed by atoms with Crippen molar-refractivity contribution in [3.05, 3.63) is 76.1 Å². The van der Waals surface area contributed by atoms with Gasteiger partial charge in [-0.05, 0) is 29.1 Å². The summed E-state index contributed by atoms with van der Waals surface area (Å²) in [5.74, 6) is -0.0765. The number of hydrogen-bond acceptors (Lipinski definition) is 4. The molecule has 0 bridgehead atoms. The van der Waals surface area contributed by atoms with Gasteiger partial charge in [0.15, 0.2) is 0 Å². The van der Waals surface area contributed by atoms with E-state index in [0.717, 1.165) is 16.8 Å². The van der Waals surface area contributed by atoms with Crippen LogP contribution in [0.15, 0.2) is 60.1 Å². The first-order chi connectivity index (χ1) is 10.8. The van der Waals surface area contributed by atoms with E-state index in [4.69, 9.17) is 5.26 Å². The average molecular weight is 304 g/mol. The van der Waals surface area contributed by atoms with Gasteiger partial charge in [-0.1, -0.05) is 30.3 Å². The van der Waals surface area contributed by atoms with Crippen molar-refractivity contribution >= 4 is 17.1 Å². The maximum absolute atomic E-state index is 12.5. The zero-order valence-corrected chi connectivity index (χ0v) is 12.5. The summed E-state index contributed by atoms with van der Waals surface area (Å²) < 4.78 is 0. The second-order valence-electron chi connectivity index (χ2n) is 4.74. The normalized spacial score (nSPS) is 10.1. The van der Waals surface area contributed by atoms with Crippen molar-refractivity contribution in [1.29, 1.82) is 5.26 Å². The number of ketones is 1. The molecule has 0 fully saturated rings. The number of thiophene rings is 1. The Morgan fingerprint density at radius 3 is 2.64 bits per heavy atom. The highest BCUT2D eigenvalue weighted by Gasteiger charge is 2.15. The molecule has 0 amide bonds. The zero-order valence-electron chi connectivity index (χ0n) is 11.7. The number of hydrogen-bond donors (Lipinski definition) is 0. The Bertz CT molecular complexity index is 830. The van der Waals surface area contributed by atoms with Gasteiger partial charge in [0.2, 0.25) is 5.78 Å². The van der Waals surface area contributed by atoms with Gasteiger partial charge in [-0.15, -0.1) is 11.3 Å². The van der Waals surface area contributed by atoms with Crippen LogP contribution in [0.5, 0.6) is 0 Å². The maximum atomic E-state index is 12.5. The van der Waals surface area contributed by atoms with E-state index < -0.39 is 0 Å². The smallest absolute Gasteiger partial charge is 0.204 e. The molecule has 0 atom stereocenters. The second-order valence-corrected chi connectivity index (χ2v) is 5.65. The minimum Gasteiger partial charge on any atom is -0.288 e. The van der Waals surface area contributed by atoms with E-state index in [9.17, 15) is 4.79 Å². The van der Waals surface area contributed by atoms with Crippen LogP contribution in [0.1, 0.15) is 20.8 Å². The molecule has 106 valence electrons. The number of benzene rings is 1. The number of aromatic nitrogens is 1. The molecule has 1 aromatic carbocycles. The van der Waals surface area contributed by atoms with Crippen molar-refractivity contribution in [3.63, 3.8) is 0 Å². The van der Waals surface area contributed by atoms with E-state index in [2.05, 4.69) is 11.1 Å². The number of carbonyl (C=O) groups excluding carboxylic acids is 1. The minimum absolute atomic E-state index is 0.0765. The molecule has 0 aliphatic carbocycles. The van der Waals surface area contributed by atoms with Gasteiger partial charge >= 0.3 is 0 Å². The largest absolute Gasteiger partial charge is 0.288 e. The van der Waals surface area contributed by atoms with Crippen LogP contribution in [-0.2, 0) is 6.42 Å². The van der Waals surface area contributed by atoms with Crippen molar-refractivity contribution in [2.45, 2.75) is 6.42 Å². The van der Waals surface area contributed by atoms with Crippen molar-refractivity contribution in [2.24, 2.45) is 0 Å². The number of pyridine rings is 1. The number of nitriles is 1. The first kappa shape index (κ1) is 14.2. The van der Waals surface area contributed by atoms with Crippen LogP contribution in [0.25, 0.3) is 11.3 Å². The van der Waals surface area contributed by atoms with Crippen LogP contribution in [-0.4, -0.2) is 10.8 Å². The summed E-state index contributed by atoms with van der Waals surface area (Å²) in [5.41, 5.74) is 3.18. The standard InChI is InChI=1S/C18H12N2OS/c19-10-8-14-9-11-22-18(14)17(21)15-6-7-16(20-12-15)13-4-2-1-3-5-13/h1-7,9,11-12H,8H2. The molecule has 0 saturated heterocycles. The first-order valence-electron chi connectivity index (χ1n) is 6.79. The van der Waals surface area contributed by atoms with Crippen molar-refractivity contribution in [2.75, 3.05) is 0 Å². The number of rotatable bonds is 4. The zero-order chi connectivity index (χ0) is 15.4. The topological polar surface area (TPSA) is 53.8 Å². The van der Waals surface area contributed by atoms with Crippen LogP contribution in [0.3, 0.4) is 0 Å². The molecular formula is C18H12N2OS. The monoisotopic (exact) mass is 304 g/mol. The molecule has 0 N–H and O–H groups in total. The second kappa shape index (κ2) is 6.33. The van der Waals surface area contributed by atoms with E-state index in [1.165, 1.54) is 11.3 Å². The highest BCUT2D eigenvalue weighted by Crippen LogP contribution is 2.22. The summed E-state index contributed by atoms with van der Waals surface area (Å²) in [7, 11) is 0. The fourth-order valence-corrected chi connectivity index (χ4v) is 3.08. The van der Waals surface area contributed by atoms with Gasteiger partial charge in [-0.25, -0.2) is 0 Å². The Balaban J connectivity index is 1.88. The maximum Gasteiger partial charge on any atom is 0.204 e. The molecule has 2 aromatic heterocycles. The molecule has 0 unspecified atom stereocenters. The number of nitrogens with zero attached hydrogens (tertiary/aromatic N) is 2. The molecule has 0 saturated carbocycles. The molecule has 0 aliphatic rings. The summed E-state index contributed by atoms with van der Waals surface area (Å²) in [6.07, 6.45) is 1.85. The highest BCUT2D eigenvalue weighted by atomic mass is 32.1. The summed E-state index contributed by atoms with van der Waals surface area (Å²) in [6, 6.07) is 17.4. The van der Waals surface area contributed by atoms with E-state index in [-0.39, 0.29) is 12.2 Å². The highest BCUT2D eigenvalue weighted by molar-refractivity contribution is 7.12. The van der Waals surface area contributed by atoms with Crippen molar-refractivity contribution in [1.82, 2.24) is 4.98 Å². The molecule has 3 nitrogen and oxygen atoms in total. The van der Waals surface area contributed by atoms with E-state index >= 15 is 0 Å². The van der Waals surface area contributed by atoms with Gasteiger partial charge in [0.1, 0.15) is 0 Å². The Morgan fingerprint density at radius 2 is 1.95 bits per heavy atom. The SMILES string of the molecule is N#CCc1ccsc1C(=O)c1ccc(-c2ccccc2)nc1. The van der Waals surface area contributed by atoms with Crippen LogP contribution in [0, 0.1) is 11.3 Å². The lowest BCUT2D eigenvalue weighted by Crippen LogP contribution is -2.02. The summed E-state index contributed by atoms with van der Waals surface area (Å²) in [4.78, 5) is 17.5. The Morgan fingerprint density at radius 1 is 1.14 bits per heavy atom. The summed E-state index contributed by atoms with van der Waals surface area (Å²) in [6.45, 7) is 0. The Kier molecular flexibility index (Phi) is 4.08. The molecular weight excluding hydrogens is 292 g/mol. The van der Waals surface area contributed by atoms with Crippen LogP contribution < -0.4 is 0 Å². The van der Waals surface area contributed by atoms with E-state index in [1.54, 1.807) is 12.3 Å². The van der Waals surface area contributed by atoms with Gasteiger partial charge in [0.25, 0.3) is 0 Å². The van der Waals surface area contributed by atoms with Crippen LogP contribution >= 0.6 is 11.3 Å². The average Bonchev–Trinajstić information content (AvgIpc) is 3.04. The van der Waals surface area contributed by atoms with Gasteiger partial charge in [0, 0.05) is 17.3 Å². The Labute approximate surface area is 132 Å². The molecule has 2 heterocycles. The molecule has 0 radical (unpaired) electrons. The fraction of sp³-hybridized carbons (Fsp3) is 0.0556. The first-order valence-corrected chi connectivity index (χ1v) is 7.67. The third kappa shape index (κ3) is 2.80. The summed E-state index contributed by atoms with van der Waals surface area (Å²) >= 11 is 1.36. The van der Waals surface area contributed by atoms with E-state index in [0.29, 0.717) is 10.4 Å². The van der Waals surface area contributed by atoms with Gasteiger partial charge in [-0.2, -0.15) is 5.26 Å². The minimum atomic E-state index is -0.0765. The van der Waals surface area contributed by atoms with E-state index in [1.807, 2.05) is 47.8 Å². The van der Waals surface area contributed by atoms with Crippen LogP contribution in [0.2, 0.25) is 0 Å². The predicted octanol–water partition coefficient (Wildman–Crippen LogP) is 4.11. The quantitative estimate of drug-likeness (QED) is 0.682. The van der Waals surface area contributed by atoms with Crippen LogP contribution in [0.4, 0.5) is 0 Å². The van der Waals surface area contributed by atoms with Gasteiger partial charge in [0.05, 0.1) is 23.1 Å². The third-order valence-electron chi connectivity index (χ3n) is 3.32. The molecule has 4 heteroatoms. The van der Waals surface area contributed by atoms with Gasteiger partial charge < -0.3 is 0 Å². The third-order valence-corrected chi connectivity index (χ3v) is 4.27. The molecule has 0 spiro atoms. The lowest BCUT2D eigenvalue weighted by molar-refractivity contribution is 0.104. The summed E-state index contributed by atoms with van der Waals surface area (Å²) in [5, 5.41) is 10.6. The lowest BCUT2D eigenvalue weighted by atomic mass is 10.1. The fourth-order valence-electron chi connectivity index (χ4n) is 2.20. The molecule has 22 heavy (non-hydrogen) atoms. The van der Waals surface area contributed by atoms with Gasteiger partial charge in [-0.3, -0.25) is 9.78 Å². The molecule has 3 rings (SSSR count). The predicted molar refractivity (Wildman–Crippen MR) is 86.7 cm³/mol. The van der Waals surface area contributed by atoms with Crippen molar-refractivity contribution < 1.29 is 4.79 Å². The number of carbonyl (C=O) groups is 1. The molecule has 0 aliphatic heterocycles. The lowest BCUT2D eigenvalue weighted by Gasteiger charge is -2.03. The Hall–Kier alpha value is -2.77. The molecule has 3 aromatic rings. The van der Waals surface area contributed by atoms with Crippen molar-refractivity contribution in [3.8, 4) is 17.3 Å².